The summed E-state index contributed by atoms with van der Waals surface area (Å²) < 4.78 is 11.6. The molecule has 0 spiro atoms. The van der Waals surface area contributed by atoms with Gasteiger partial charge in [-0.25, -0.2) is 0 Å². The molecule has 5 amide bonds. The van der Waals surface area contributed by atoms with Gasteiger partial charge in [0.15, 0.2) is 6.61 Å². The Morgan fingerprint density at radius 2 is 1.65 bits per heavy atom. The second kappa shape index (κ2) is 17.2. The Hall–Kier alpha value is -5.45. The molecule has 5 rings (SSSR count). The van der Waals surface area contributed by atoms with Crippen LogP contribution in [-0.2, 0) is 19.8 Å². The predicted octanol–water partition coefficient (Wildman–Crippen LogP) is 5.84. The molecule has 2 heterocycles. The third-order valence-corrected chi connectivity index (χ3v) is 9.95. The number of phenolic OH excluding ortho intramolecular Hbond substituents is 1. The van der Waals surface area contributed by atoms with Crippen molar-refractivity contribution in [2.24, 2.45) is 5.92 Å². The van der Waals surface area contributed by atoms with Crippen molar-refractivity contribution in [1.29, 1.82) is 0 Å². The van der Waals surface area contributed by atoms with Gasteiger partial charge in [0.2, 0.25) is 11.8 Å². The smallest absolute Gasteiger partial charge is 0.266 e. The number of carbonyl (C=O) groups is 5. The maximum Gasteiger partial charge on any atom is 0.266 e. The number of benzene rings is 3. The molecule has 0 aromatic heterocycles. The molecule has 0 aliphatic carbocycles. The van der Waals surface area contributed by atoms with Gasteiger partial charge in [0.05, 0.1) is 17.7 Å². The van der Waals surface area contributed by atoms with Gasteiger partial charge in [0.1, 0.15) is 23.3 Å². The summed E-state index contributed by atoms with van der Waals surface area (Å²) in [5, 5.41) is 14.8. The maximum atomic E-state index is 13.2. The number of hydrogen-bond donors (Lipinski definition) is 3. The minimum absolute atomic E-state index is 0.00582. The molecule has 11 heteroatoms. The fraction of sp³-hybridized carbons (Fsp3) is 0.390. The van der Waals surface area contributed by atoms with Crippen LogP contribution in [0.4, 0.5) is 0 Å². The molecule has 2 aliphatic rings. The van der Waals surface area contributed by atoms with E-state index in [0.717, 1.165) is 41.0 Å². The molecule has 274 valence electrons. The van der Waals surface area contributed by atoms with Crippen LogP contribution in [0.5, 0.6) is 17.2 Å². The van der Waals surface area contributed by atoms with Gasteiger partial charge in [-0.15, -0.1) is 0 Å². The lowest BCUT2D eigenvalue weighted by molar-refractivity contribution is -0.136. The third kappa shape index (κ3) is 8.70. The number of rotatable bonds is 17. The van der Waals surface area contributed by atoms with Crippen molar-refractivity contribution in [3.05, 3.63) is 101 Å². The number of aromatic hydroxyl groups is 1. The monoisotopic (exact) mass is 709 g/mol. The normalized spacial score (nSPS) is 16.9. The van der Waals surface area contributed by atoms with E-state index in [1.54, 1.807) is 18.2 Å². The molecule has 0 saturated carbocycles. The summed E-state index contributed by atoms with van der Waals surface area (Å²) in [6.07, 6.45) is 9.26. The Morgan fingerprint density at radius 3 is 2.33 bits per heavy atom. The van der Waals surface area contributed by atoms with Crippen LogP contribution < -0.4 is 20.1 Å². The Labute approximate surface area is 304 Å². The van der Waals surface area contributed by atoms with Crippen LogP contribution in [0.1, 0.15) is 97.6 Å². The first-order chi connectivity index (χ1) is 25.0. The molecular weight excluding hydrogens is 662 g/mol. The highest BCUT2D eigenvalue weighted by atomic mass is 16.5. The van der Waals surface area contributed by atoms with Gasteiger partial charge in [0.25, 0.3) is 17.7 Å². The molecule has 3 N–H and O–H groups in total. The van der Waals surface area contributed by atoms with Crippen molar-refractivity contribution in [3.8, 4) is 17.2 Å². The largest absolute Gasteiger partial charge is 0.508 e. The van der Waals surface area contributed by atoms with E-state index >= 15 is 0 Å². The number of carbonyl (C=O) groups excluding carboxylic acids is 5. The van der Waals surface area contributed by atoms with Crippen LogP contribution in [0.25, 0.3) is 0 Å². The first-order valence-electron chi connectivity index (χ1n) is 18.0. The zero-order chi connectivity index (χ0) is 37.3. The quantitative estimate of drug-likeness (QED) is 0.0900. The molecule has 3 aromatic carbocycles. The Morgan fingerprint density at radius 1 is 0.962 bits per heavy atom. The highest BCUT2D eigenvalue weighted by Gasteiger charge is 2.46. The number of nitrogens with one attached hydrogen (secondary N) is 2. The number of ether oxygens (including phenoxy) is 2. The van der Waals surface area contributed by atoms with Crippen molar-refractivity contribution in [2.45, 2.75) is 77.2 Å². The van der Waals surface area contributed by atoms with Gasteiger partial charge in [-0.3, -0.25) is 34.2 Å². The first kappa shape index (κ1) is 37.8. The van der Waals surface area contributed by atoms with Gasteiger partial charge >= 0.3 is 0 Å². The van der Waals surface area contributed by atoms with E-state index in [9.17, 15) is 29.1 Å². The van der Waals surface area contributed by atoms with E-state index in [1.807, 2.05) is 24.3 Å². The zero-order valence-corrected chi connectivity index (χ0v) is 30.0. The van der Waals surface area contributed by atoms with E-state index < -0.39 is 35.6 Å². The summed E-state index contributed by atoms with van der Waals surface area (Å²) in [6.45, 7) is 7.12. The van der Waals surface area contributed by atoms with Gasteiger partial charge in [-0.1, -0.05) is 69.2 Å². The standard InChI is InChI=1S/C41H47N3O8/c1-4-27(5-2)10-9-23-41(3,28-13-17-30(45)18-14-28)29-15-19-31(20-16-29)51-25-7-6-24-42-36(47)26-52-34-12-8-11-32-37(34)40(50)44(39(32)49)33-21-22-35(46)43-38(33)48/h8-9,11-20,23,27,33,45H,4-7,10,21-22,24-26H2,1-3H3,(H,42,47)(H,43,46,48)/b23-9+. The van der Waals surface area contributed by atoms with Crippen molar-refractivity contribution >= 4 is 29.5 Å². The number of fused-ring (bicyclic) bond motifs is 1. The predicted molar refractivity (Wildman–Crippen MR) is 195 cm³/mol. The second-order valence-corrected chi connectivity index (χ2v) is 13.4. The number of amides is 5. The number of hydrogen-bond acceptors (Lipinski definition) is 8. The third-order valence-electron chi connectivity index (χ3n) is 9.95. The number of imide groups is 2. The number of piperidine rings is 1. The molecule has 2 atom stereocenters. The lowest BCUT2D eigenvalue weighted by Crippen LogP contribution is -2.54. The number of unbranched alkanes of at least 4 members (excludes halogenated alkanes) is 1. The Balaban J connectivity index is 1.07. The highest BCUT2D eigenvalue weighted by molar-refractivity contribution is 6.24. The summed E-state index contributed by atoms with van der Waals surface area (Å²) >= 11 is 0. The van der Waals surface area contributed by atoms with Gasteiger partial charge in [-0.2, -0.15) is 0 Å². The molecule has 3 aromatic rings. The van der Waals surface area contributed by atoms with E-state index in [0.29, 0.717) is 31.9 Å². The van der Waals surface area contributed by atoms with Crippen LogP contribution in [0.2, 0.25) is 0 Å². The molecule has 0 radical (unpaired) electrons. The average Bonchev–Trinajstić information content (AvgIpc) is 3.40. The zero-order valence-electron chi connectivity index (χ0n) is 30.0. The molecule has 0 bridgehead atoms. The molecule has 2 unspecified atom stereocenters. The van der Waals surface area contributed by atoms with Crippen LogP contribution >= 0.6 is 0 Å². The van der Waals surface area contributed by atoms with E-state index in [-0.39, 0.29) is 47.5 Å². The number of nitrogens with zero attached hydrogens (tertiary/aromatic N) is 1. The minimum Gasteiger partial charge on any atom is -0.508 e. The average molecular weight is 710 g/mol. The fourth-order valence-electron chi connectivity index (χ4n) is 6.63. The van der Waals surface area contributed by atoms with Gasteiger partial charge in [-0.05, 0) is 86.1 Å². The molecular formula is C41H47N3O8. The van der Waals surface area contributed by atoms with E-state index in [2.05, 4.69) is 55.7 Å². The van der Waals surface area contributed by atoms with Crippen molar-refractivity contribution in [1.82, 2.24) is 15.5 Å². The fourth-order valence-corrected chi connectivity index (χ4v) is 6.63. The number of phenols is 1. The minimum atomic E-state index is -1.09. The lowest BCUT2D eigenvalue weighted by atomic mass is 9.75. The summed E-state index contributed by atoms with van der Waals surface area (Å²) in [6, 6.07) is 18.8. The van der Waals surface area contributed by atoms with Gasteiger partial charge in [0, 0.05) is 18.4 Å². The van der Waals surface area contributed by atoms with E-state index in [4.69, 9.17) is 9.47 Å². The van der Waals surface area contributed by atoms with Crippen LogP contribution in [0.3, 0.4) is 0 Å². The SMILES string of the molecule is CCC(CC)C/C=C/C(C)(c1ccc(O)cc1)c1ccc(OCCCCNC(=O)COc2cccc3c2C(=O)N(C2CCC(=O)NC2=O)C3=O)cc1. The van der Waals surface area contributed by atoms with Crippen LogP contribution in [0, 0.1) is 5.92 Å². The molecule has 1 fully saturated rings. The summed E-state index contributed by atoms with van der Waals surface area (Å²) in [4.78, 5) is 63.5. The molecule has 52 heavy (non-hydrogen) atoms. The Kier molecular flexibility index (Phi) is 12.5. The topological polar surface area (TPSA) is 151 Å². The lowest BCUT2D eigenvalue weighted by Gasteiger charge is -2.28. The molecule has 2 aliphatic heterocycles. The van der Waals surface area contributed by atoms with Crippen molar-refractivity contribution in [2.75, 3.05) is 19.8 Å². The Bertz CT molecular complexity index is 1800. The van der Waals surface area contributed by atoms with Crippen molar-refractivity contribution in [3.63, 3.8) is 0 Å². The second-order valence-electron chi connectivity index (χ2n) is 13.4. The maximum absolute atomic E-state index is 13.2. The summed E-state index contributed by atoms with van der Waals surface area (Å²) in [5.41, 5.74) is 1.88. The van der Waals surface area contributed by atoms with E-state index in [1.165, 1.54) is 12.1 Å². The summed E-state index contributed by atoms with van der Waals surface area (Å²) in [7, 11) is 0. The summed E-state index contributed by atoms with van der Waals surface area (Å²) in [5.74, 6) is -1.18. The van der Waals surface area contributed by atoms with Gasteiger partial charge < -0.3 is 19.9 Å². The van der Waals surface area contributed by atoms with Crippen LogP contribution in [-0.4, -0.2) is 65.3 Å². The van der Waals surface area contributed by atoms with Crippen LogP contribution in [0.15, 0.2) is 78.9 Å². The molecule has 1 saturated heterocycles. The van der Waals surface area contributed by atoms with Crippen molar-refractivity contribution < 1.29 is 38.6 Å². The highest BCUT2D eigenvalue weighted by Crippen LogP contribution is 2.36. The number of allylic oxidation sites excluding steroid dienone is 2. The molecule has 11 nitrogen and oxygen atoms in total. The first-order valence-corrected chi connectivity index (χ1v) is 18.0.